The molecule has 0 radical (unpaired) electrons. The fourth-order valence-corrected chi connectivity index (χ4v) is 4.80. The van der Waals surface area contributed by atoms with Crippen LogP contribution >= 0.6 is 11.6 Å². The van der Waals surface area contributed by atoms with Crippen molar-refractivity contribution in [2.24, 2.45) is 0 Å². The molecule has 1 heterocycles. The van der Waals surface area contributed by atoms with E-state index in [2.05, 4.69) is 4.74 Å². The normalized spacial score (nSPS) is 15.8. The number of carbonyl (C=O) groups is 1. The van der Waals surface area contributed by atoms with Crippen LogP contribution in [0.4, 0.5) is 22.0 Å². The first-order valence-corrected chi connectivity index (χ1v) is 10.9. The van der Waals surface area contributed by atoms with Gasteiger partial charge in [-0.1, -0.05) is 11.6 Å². The van der Waals surface area contributed by atoms with Crippen LogP contribution in [0.5, 0.6) is 5.75 Å². The Kier molecular flexibility index (Phi) is 6.96. The minimum absolute atomic E-state index is 0.00688. The van der Waals surface area contributed by atoms with Crippen molar-refractivity contribution in [2.75, 3.05) is 26.2 Å². The van der Waals surface area contributed by atoms with E-state index in [-0.39, 0.29) is 37.5 Å². The van der Waals surface area contributed by atoms with Crippen LogP contribution in [0, 0.1) is 0 Å². The smallest absolute Gasteiger partial charge is 0.417 e. The number of benzene rings is 2. The van der Waals surface area contributed by atoms with E-state index in [0.717, 1.165) is 16.4 Å². The quantitative estimate of drug-likeness (QED) is 0.582. The highest BCUT2D eigenvalue weighted by Gasteiger charge is 2.36. The molecule has 2 aromatic rings. The fourth-order valence-electron chi connectivity index (χ4n) is 3.12. The van der Waals surface area contributed by atoms with Gasteiger partial charge in [-0.05, 0) is 42.5 Å². The third kappa shape index (κ3) is 5.30. The lowest BCUT2D eigenvalue weighted by Crippen LogP contribution is -2.50. The van der Waals surface area contributed by atoms with Crippen molar-refractivity contribution in [3.63, 3.8) is 0 Å². The molecule has 3 rings (SSSR count). The maximum atomic E-state index is 13.1. The van der Waals surface area contributed by atoms with Crippen molar-refractivity contribution in [1.82, 2.24) is 9.21 Å². The number of rotatable bonds is 5. The Morgan fingerprint density at radius 1 is 1.00 bits per heavy atom. The van der Waals surface area contributed by atoms with Crippen LogP contribution in [-0.2, 0) is 16.2 Å². The van der Waals surface area contributed by atoms with Gasteiger partial charge in [-0.15, -0.1) is 0 Å². The highest BCUT2D eigenvalue weighted by molar-refractivity contribution is 7.89. The van der Waals surface area contributed by atoms with Gasteiger partial charge in [0.2, 0.25) is 10.0 Å². The number of sulfonamides is 1. The highest BCUT2D eigenvalue weighted by Crippen LogP contribution is 2.36. The van der Waals surface area contributed by atoms with E-state index in [0.29, 0.717) is 6.07 Å². The van der Waals surface area contributed by atoms with E-state index < -0.39 is 44.2 Å². The molecular formula is C19H16ClF5N2O4S. The van der Waals surface area contributed by atoms with Gasteiger partial charge in [-0.3, -0.25) is 4.79 Å². The third-order valence-corrected chi connectivity index (χ3v) is 6.96. The molecule has 0 atom stereocenters. The maximum absolute atomic E-state index is 13.1. The molecule has 0 saturated carbocycles. The monoisotopic (exact) mass is 498 g/mol. The van der Waals surface area contributed by atoms with Crippen LogP contribution < -0.4 is 4.74 Å². The number of halogens is 6. The number of hydrogen-bond donors (Lipinski definition) is 0. The second kappa shape index (κ2) is 9.20. The number of alkyl halides is 5. The van der Waals surface area contributed by atoms with Crippen molar-refractivity contribution >= 4 is 27.5 Å². The topological polar surface area (TPSA) is 66.9 Å². The summed E-state index contributed by atoms with van der Waals surface area (Å²) in [4.78, 5) is 13.4. The Labute approximate surface area is 185 Å². The minimum Gasteiger partial charge on any atom is -0.435 e. The molecule has 0 N–H and O–H groups in total. The lowest BCUT2D eigenvalue weighted by atomic mass is 10.2. The largest absolute Gasteiger partial charge is 0.435 e. The number of ether oxygens (including phenoxy) is 1. The lowest BCUT2D eigenvalue weighted by Gasteiger charge is -2.34. The average molecular weight is 499 g/mol. The van der Waals surface area contributed by atoms with E-state index in [4.69, 9.17) is 11.6 Å². The Balaban J connectivity index is 1.69. The first kappa shape index (κ1) is 24.2. The molecule has 1 amide bonds. The molecule has 1 saturated heterocycles. The molecule has 0 aromatic heterocycles. The van der Waals surface area contributed by atoms with Crippen LogP contribution in [0.15, 0.2) is 47.4 Å². The minimum atomic E-state index is -4.82. The van der Waals surface area contributed by atoms with Crippen LogP contribution in [0.2, 0.25) is 5.02 Å². The van der Waals surface area contributed by atoms with Crippen LogP contribution in [0.3, 0.4) is 0 Å². The second-order valence-electron chi connectivity index (χ2n) is 6.74. The SMILES string of the molecule is O=C(c1ccc(OC(F)F)cc1)N1CCN(S(=O)(=O)c2ccc(Cl)c(C(F)(F)F)c2)CC1. The van der Waals surface area contributed by atoms with Gasteiger partial charge < -0.3 is 9.64 Å². The summed E-state index contributed by atoms with van der Waals surface area (Å²) in [6, 6.07) is 7.37. The first-order chi connectivity index (χ1) is 14.9. The van der Waals surface area contributed by atoms with Gasteiger partial charge in [0, 0.05) is 31.7 Å². The molecule has 0 spiro atoms. The summed E-state index contributed by atoms with van der Waals surface area (Å²) in [5.74, 6) is -0.565. The van der Waals surface area contributed by atoms with Gasteiger partial charge in [0.1, 0.15) is 5.75 Å². The predicted octanol–water partition coefficient (Wildman–Crippen LogP) is 4.11. The Bertz CT molecular complexity index is 1090. The summed E-state index contributed by atoms with van der Waals surface area (Å²) in [6.07, 6.45) is -4.82. The molecule has 6 nitrogen and oxygen atoms in total. The van der Waals surface area contributed by atoms with Crippen LogP contribution in [-0.4, -0.2) is 56.3 Å². The second-order valence-corrected chi connectivity index (χ2v) is 9.08. The van der Waals surface area contributed by atoms with Gasteiger partial charge in [-0.25, -0.2) is 8.42 Å². The standard InChI is InChI=1S/C19H16ClF5N2O4S/c20-16-6-5-14(11-15(16)19(23,24)25)32(29,30)27-9-7-26(8-10-27)17(28)12-1-3-13(4-2-12)31-18(21)22/h1-6,11,18H,7-10H2. The summed E-state index contributed by atoms with van der Waals surface area (Å²) in [7, 11) is -4.24. The zero-order valence-electron chi connectivity index (χ0n) is 16.2. The van der Waals surface area contributed by atoms with Crippen LogP contribution in [0.25, 0.3) is 0 Å². The number of carbonyl (C=O) groups excluding carboxylic acids is 1. The molecular weight excluding hydrogens is 483 g/mol. The van der Waals surface area contributed by atoms with Gasteiger partial charge >= 0.3 is 12.8 Å². The molecule has 0 bridgehead atoms. The molecule has 1 fully saturated rings. The van der Waals surface area contributed by atoms with Gasteiger partial charge in [0.05, 0.1) is 15.5 Å². The van der Waals surface area contributed by atoms with Crippen molar-refractivity contribution in [3.05, 3.63) is 58.6 Å². The van der Waals surface area contributed by atoms with Gasteiger partial charge in [0.15, 0.2) is 0 Å². The Morgan fingerprint density at radius 2 is 1.59 bits per heavy atom. The third-order valence-electron chi connectivity index (χ3n) is 4.73. The van der Waals surface area contributed by atoms with Gasteiger partial charge in [-0.2, -0.15) is 26.3 Å². The first-order valence-electron chi connectivity index (χ1n) is 9.10. The number of hydrogen-bond acceptors (Lipinski definition) is 4. The molecule has 1 aliphatic heterocycles. The van der Waals surface area contributed by atoms with E-state index >= 15 is 0 Å². The van der Waals surface area contributed by atoms with E-state index in [9.17, 15) is 35.2 Å². The lowest BCUT2D eigenvalue weighted by molar-refractivity contribution is -0.137. The molecule has 174 valence electrons. The summed E-state index contributed by atoms with van der Waals surface area (Å²) in [6.45, 7) is -3.28. The van der Waals surface area contributed by atoms with E-state index in [1.807, 2.05) is 0 Å². The Hall–Kier alpha value is -2.44. The molecule has 2 aromatic carbocycles. The average Bonchev–Trinajstić information content (AvgIpc) is 2.73. The Morgan fingerprint density at radius 3 is 2.12 bits per heavy atom. The van der Waals surface area contributed by atoms with Crippen molar-refractivity contribution in [3.8, 4) is 5.75 Å². The van der Waals surface area contributed by atoms with Crippen LogP contribution in [0.1, 0.15) is 15.9 Å². The zero-order valence-corrected chi connectivity index (χ0v) is 17.7. The number of amides is 1. The zero-order chi connectivity index (χ0) is 23.7. The number of piperazine rings is 1. The molecule has 0 unspecified atom stereocenters. The highest BCUT2D eigenvalue weighted by atomic mass is 35.5. The fraction of sp³-hybridized carbons (Fsp3) is 0.316. The van der Waals surface area contributed by atoms with Crippen molar-refractivity contribution in [1.29, 1.82) is 0 Å². The molecule has 32 heavy (non-hydrogen) atoms. The number of nitrogens with zero attached hydrogens (tertiary/aromatic N) is 2. The van der Waals surface area contributed by atoms with Crippen molar-refractivity contribution in [2.45, 2.75) is 17.7 Å². The van der Waals surface area contributed by atoms with E-state index in [1.54, 1.807) is 0 Å². The molecule has 1 aliphatic rings. The maximum Gasteiger partial charge on any atom is 0.417 e. The van der Waals surface area contributed by atoms with Gasteiger partial charge in [0.25, 0.3) is 5.91 Å². The summed E-state index contributed by atoms with van der Waals surface area (Å²) >= 11 is 5.55. The molecule has 0 aliphatic carbocycles. The summed E-state index contributed by atoms with van der Waals surface area (Å²) in [5, 5.41) is -0.614. The predicted molar refractivity (Wildman–Crippen MR) is 104 cm³/mol. The molecule has 13 heteroatoms. The summed E-state index contributed by atoms with van der Waals surface area (Å²) < 4.78 is 94.4. The van der Waals surface area contributed by atoms with E-state index in [1.165, 1.54) is 29.2 Å². The van der Waals surface area contributed by atoms with Crippen molar-refractivity contribution < 1.29 is 39.9 Å². The summed E-state index contributed by atoms with van der Waals surface area (Å²) in [5.41, 5.74) is -1.07.